The van der Waals surface area contributed by atoms with Crippen LogP contribution >= 0.6 is 0 Å². The van der Waals surface area contributed by atoms with Crippen molar-refractivity contribution in [3.63, 3.8) is 0 Å². The molecule has 0 bridgehead atoms. The molecule has 4 nitrogen and oxygen atoms in total. The first-order chi connectivity index (χ1) is 4.79. The molecule has 1 rings (SSSR count). The number of nitrogens with zero attached hydrogens (tertiary/aromatic N) is 2. The van der Waals surface area contributed by atoms with Crippen molar-refractivity contribution in [2.75, 3.05) is 19.8 Å². The number of likely N-dealkylation sites (tertiary alicyclic amines) is 1. The molecule has 1 fully saturated rings. The maximum Gasteiger partial charge on any atom is 0.259 e. The fourth-order valence-corrected chi connectivity index (χ4v) is 1.26. The van der Waals surface area contributed by atoms with Gasteiger partial charge < -0.3 is 0 Å². The normalized spacial score (nSPS) is 20.8. The summed E-state index contributed by atoms with van der Waals surface area (Å²) in [6.07, 6.45) is 3.47. The fraction of sp³-hybridized carbons (Fsp3) is 1.00. The summed E-state index contributed by atoms with van der Waals surface area (Å²) in [4.78, 5) is 11.7. The molecule has 1 heterocycles. The van der Waals surface area contributed by atoms with Crippen LogP contribution in [-0.4, -0.2) is 29.6 Å². The quantitative estimate of drug-likeness (QED) is 0.423. The molecular weight excluding hydrogens is 132 g/mol. The van der Waals surface area contributed by atoms with Crippen LogP contribution in [-0.2, 0) is 0 Å². The van der Waals surface area contributed by atoms with Crippen LogP contribution in [0.25, 0.3) is 0 Å². The van der Waals surface area contributed by atoms with Gasteiger partial charge in [-0.25, -0.2) is 4.90 Å². The molecule has 0 atom stereocenters. The maximum absolute atomic E-state index is 10.0. The van der Waals surface area contributed by atoms with Crippen molar-refractivity contribution in [2.45, 2.75) is 19.3 Å². The topological polar surface area (TPSA) is 46.4 Å². The Morgan fingerprint density at radius 3 is 2.40 bits per heavy atom. The molecule has 0 aromatic carbocycles. The zero-order valence-corrected chi connectivity index (χ0v) is 5.95. The molecule has 1 aliphatic heterocycles. The minimum absolute atomic E-state index is 0.0278. The van der Waals surface area contributed by atoms with Gasteiger partial charge in [0.15, 0.2) is 0 Å². The van der Waals surface area contributed by atoms with E-state index < -0.39 is 0 Å². The van der Waals surface area contributed by atoms with Crippen molar-refractivity contribution in [1.29, 1.82) is 0 Å². The predicted octanol–water partition coefficient (Wildman–Crippen LogP) is 0.706. The van der Waals surface area contributed by atoms with E-state index in [9.17, 15) is 10.1 Å². The van der Waals surface area contributed by atoms with Gasteiger partial charge in [-0.05, 0) is 12.8 Å². The van der Waals surface area contributed by atoms with Crippen molar-refractivity contribution in [1.82, 2.24) is 4.90 Å². The van der Waals surface area contributed by atoms with E-state index >= 15 is 0 Å². The van der Waals surface area contributed by atoms with Crippen LogP contribution in [0.1, 0.15) is 19.3 Å². The summed E-state index contributed by atoms with van der Waals surface area (Å²) in [5.74, 6) is 0. The van der Waals surface area contributed by atoms with Gasteiger partial charge in [0, 0.05) is 18.0 Å². The third-order valence-electron chi connectivity index (χ3n) is 1.76. The van der Waals surface area contributed by atoms with Crippen LogP contribution in [0.4, 0.5) is 0 Å². The summed E-state index contributed by atoms with van der Waals surface area (Å²) >= 11 is 0. The molecule has 1 aliphatic rings. The predicted molar refractivity (Wildman–Crippen MR) is 37.3 cm³/mol. The second-order valence-corrected chi connectivity index (χ2v) is 2.65. The minimum Gasteiger partial charge on any atom is -0.263 e. The van der Waals surface area contributed by atoms with Crippen molar-refractivity contribution in [3.05, 3.63) is 10.1 Å². The lowest BCUT2D eigenvalue weighted by Crippen LogP contribution is -2.33. The Balaban J connectivity index is 2.19. The molecule has 0 unspecified atom stereocenters. The Labute approximate surface area is 60.0 Å². The highest BCUT2D eigenvalue weighted by Crippen LogP contribution is 2.07. The lowest BCUT2D eigenvalue weighted by molar-refractivity contribution is -0.504. The van der Waals surface area contributed by atoms with Crippen molar-refractivity contribution < 1.29 is 4.92 Å². The molecule has 0 aliphatic carbocycles. The van der Waals surface area contributed by atoms with Gasteiger partial charge in [-0.3, -0.25) is 10.1 Å². The van der Waals surface area contributed by atoms with E-state index in [0.717, 1.165) is 25.9 Å². The Bertz CT molecular complexity index is 121. The van der Waals surface area contributed by atoms with Gasteiger partial charge in [-0.2, -0.15) is 0 Å². The van der Waals surface area contributed by atoms with E-state index in [1.54, 1.807) is 0 Å². The van der Waals surface area contributed by atoms with Gasteiger partial charge in [-0.1, -0.05) is 6.42 Å². The Morgan fingerprint density at radius 2 is 1.90 bits per heavy atom. The Kier molecular flexibility index (Phi) is 2.62. The second-order valence-electron chi connectivity index (χ2n) is 2.65. The van der Waals surface area contributed by atoms with Gasteiger partial charge in [0.2, 0.25) is 0 Å². The third kappa shape index (κ3) is 2.31. The lowest BCUT2D eigenvalue weighted by Gasteiger charge is -2.21. The SMILES string of the molecule is O=[N+]([O-])CN1CCCCC1. The van der Waals surface area contributed by atoms with Crippen LogP contribution < -0.4 is 0 Å². The van der Waals surface area contributed by atoms with Crippen LogP contribution in [0, 0.1) is 10.1 Å². The van der Waals surface area contributed by atoms with E-state index in [1.807, 2.05) is 4.90 Å². The highest BCUT2D eigenvalue weighted by Gasteiger charge is 2.13. The first kappa shape index (κ1) is 7.47. The fourth-order valence-electron chi connectivity index (χ4n) is 1.26. The van der Waals surface area contributed by atoms with E-state index in [-0.39, 0.29) is 11.6 Å². The number of hydrogen-bond acceptors (Lipinski definition) is 3. The van der Waals surface area contributed by atoms with Crippen LogP contribution in [0.2, 0.25) is 0 Å². The minimum atomic E-state index is -0.259. The summed E-state index contributed by atoms with van der Waals surface area (Å²) in [6, 6.07) is 0. The zero-order chi connectivity index (χ0) is 7.40. The van der Waals surface area contributed by atoms with Gasteiger partial charge in [0.25, 0.3) is 6.67 Å². The van der Waals surface area contributed by atoms with Gasteiger partial charge >= 0.3 is 0 Å². The zero-order valence-electron chi connectivity index (χ0n) is 5.95. The summed E-state index contributed by atoms with van der Waals surface area (Å²) in [7, 11) is 0. The first-order valence-electron chi connectivity index (χ1n) is 3.63. The molecule has 0 aromatic heterocycles. The van der Waals surface area contributed by atoms with E-state index in [1.165, 1.54) is 6.42 Å². The summed E-state index contributed by atoms with van der Waals surface area (Å²) in [5, 5.41) is 10.0. The molecule has 58 valence electrons. The van der Waals surface area contributed by atoms with Crippen molar-refractivity contribution in [2.24, 2.45) is 0 Å². The molecule has 0 aromatic rings. The smallest absolute Gasteiger partial charge is 0.259 e. The monoisotopic (exact) mass is 144 g/mol. The summed E-state index contributed by atoms with van der Waals surface area (Å²) in [5.41, 5.74) is 0. The molecule has 0 N–H and O–H groups in total. The van der Waals surface area contributed by atoms with E-state index in [0.29, 0.717) is 0 Å². The molecule has 1 saturated heterocycles. The number of piperidine rings is 1. The molecule has 0 radical (unpaired) electrons. The van der Waals surface area contributed by atoms with Gasteiger partial charge in [0.1, 0.15) is 0 Å². The van der Waals surface area contributed by atoms with Crippen molar-refractivity contribution >= 4 is 0 Å². The van der Waals surface area contributed by atoms with Crippen LogP contribution in [0.15, 0.2) is 0 Å². The molecule has 10 heavy (non-hydrogen) atoms. The van der Waals surface area contributed by atoms with Crippen molar-refractivity contribution in [3.8, 4) is 0 Å². The highest BCUT2D eigenvalue weighted by atomic mass is 16.6. The number of rotatable bonds is 2. The lowest BCUT2D eigenvalue weighted by atomic mass is 10.1. The molecule has 0 spiro atoms. The Hall–Kier alpha value is -0.640. The van der Waals surface area contributed by atoms with E-state index in [2.05, 4.69) is 0 Å². The number of hydrogen-bond donors (Lipinski definition) is 0. The van der Waals surface area contributed by atoms with E-state index in [4.69, 9.17) is 0 Å². The number of nitro groups is 1. The summed E-state index contributed by atoms with van der Waals surface area (Å²) in [6.45, 7) is 1.84. The van der Waals surface area contributed by atoms with Crippen LogP contribution in [0.5, 0.6) is 0 Å². The summed E-state index contributed by atoms with van der Waals surface area (Å²) < 4.78 is 0. The highest BCUT2D eigenvalue weighted by molar-refractivity contribution is 4.60. The average Bonchev–Trinajstić information content (AvgIpc) is 1.88. The molecule has 0 saturated carbocycles. The largest absolute Gasteiger partial charge is 0.263 e. The standard InChI is InChI=1S/C6H12N2O2/c9-8(10)6-7-4-2-1-3-5-7/h1-6H2. The molecular formula is C6H12N2O2. The molecule has 0 amide bonds. The van der Waals surface area contributed by atoms with Gasteiger partial charge in [-0.15, -0.1) is 0 Å². The average molecular weight is 144 g/mol. The first-order valence-corrected chi connectivity index (χ1v) is 3.63. The van der Waals surface area contributed by atoms with Crippen LogP contribution in [0.3, 0.4) is 0 Å². The third-order valence-corrected chi connectivity index (χ3v) is 1.76. The maximum atomic E-state index is 10.0. The second kappa shape index (κ2) is 3.51. The van der Waals surface area contributed by atoms with Gasteiger partial charge in [0.05, 0.1) is 0 Å². The Morgan fingerprint density at radius 1 is 1.30 bits per heavy atom. The molecule has 4 heteroatoms.